The van der Waals surface area contributed by atoms with E-state index in [1.54, 1.807) is 14.2 Å². The van der Waals surface area contributed by atoms with Crippen LogP contribution in [-0.2, 0) is 9.31 Å². The highest BCUT2D eigenvalue weighted by atomic mass is 127. The molecule has 14 nitrogen and oxygen atoms in total. The highest BCUT2D eigenvalue weighted by molar-refractivity contribution is 14.1. The van der Waals surface area contributed by atoms with Gasteiger partial charge in [-0.2, -0.15) is 9.97 Å². The smallest absolute Gasteiger partial charge is 0.495 e. The van der Waals surface area contributed by atoms with E-state index in [2.05, 4.69) is 144 Å². The van der Waals surface area contributed by atoms with Crippen LogP contribution in [0.5, 0.6) is 11.5 Å². The van der Waals surface area contributed by atoms with Crippen molar-refractivity contribution in [3.05, 3.63) is 124 Å². The number of aromatic amines is 2. The van der Waals surface area contributed by atoms with E-state index in [4.69, 9.17) is 18.8 Å². The predicted octanol–water partition coefficient (Wildman–Crippen LogP) is 10.8. The van der Waals surface area contributed by atoms with Crippen molar-refractivity contribution < 1.29 is 18.8 Å². The first-order valence-corrected chi connectivity index (χ1v) is 21.9. The van der Waals surface area contributed by atoms with Gasteiger partial charge in [0.15, 0.2) is 0 Å². The number of anilines is 6. The molecular weight excluding hydrogens is 954 g/mol. The Hall–Kier alpha value is -6.08. The Labute approximate surface area is 400 Å². The normalized spacial score (nSPS) is 13.4. The first kappa shape index (κ1) is 48.4. The lowest BCUT2D eigenvalue weighted by molar-refractivity contribution is 0.00578. The summed E-state index contributed by atoms with van der Waals surface area (Å²) in [6, 6.07) is 32.1. The molecule has 0 atom stereocenters. The molecule has 1 fully saturated rings. The van der Waals surface area contributed by atoms with Crippen molar-refractivity contribution in [2.24, 2.45) is 0 Å². The number of fused-ring (bicyclic) bond motifs is 2. The molecule has 1 aliphatic heterocycles. The van der Waals surface area contributed by atoms with E-state index in [1.165, 1.54) is 0 Å². The largest absolute Gasteiger partial charge is 0.496 e. The second-order valence-electron chi connectivity index (χ2n) is 16.1. The number of aromatic nitrogens is 6. The van der Waals surface area contributed by atoms with Gasteiger partial charge in [-0.25, -0.2) is 9.97 Å². The molecule has 65 heavy (non-hydrogen) atoms. The van der Waals surface area contributed by atoms with Crippen molar-refractivity contribution in [1.29, 1.82) is 0 Å². The van der Waals surface area contributed by atoms with Gasteiger partial charge in [0, 0.05) is 83.4 Å². The third kappa shape index (κ3) is 11.2. The van der Waals surface area contributed by atoms with Crippen LogP contribution in [0, 0.1) is 17.4 Å². The Morgan fingerprint density at radius 3 is 1.65 bits per heavy atom. The minimum Gasteiger partial charge on any atom is -0.496 e. The van der Waals surface area contributed by atoms with E-state index < -0.39 is 0 Å². The summed E-state index contributed by atoms with van der Waals surface area (Å²) >= 11 is 2.23. The maximum Gasteiger partial charge on any atom is 0.495 e. The Balaban J connectivity index is 0.000000165. The van der Waals surface area contributed by atoms with Gasteiger partial charge in [-0.1, -0.05) is 24.3 Å². The molecule has 8 aromatic rings. The fourth-order valence-electron chi connectivity index (χ4n) is 7.11. The molecule has 17 heteroatoms. The van der Waals surface area contributed by atoms with Crippen LogP contribution < -0.4 is 36.2 Å². The number of halogens is 2. The molecule has 4 aromatic carbocycles. The number of nitrogens with one attached hydrogen (secondary N) is 6. The Morgan fingerprint density at radius 1 is 0.600 bits per heavy atom. The number of aryl methyl sites for hydroxylation is 2. The summed E-state index contributed by atoms with van der Waals surface area (Å²) < 4.78 is 24.1. The van der Waals surface area contributed by atoms with E-state index in [0.29, 0.717) is 11.9 Å². The average Bonchev–Trinajstić information content (AvgIpc) is 4.01. The van der Waals surface area contributed by atoms with Gasteiger partial charge in [-0.15, -0.1) is 12.4 Å². The SMILES string of the molecule is CC1(C)OB(c2cccc3[nH]ccc23)OC1(C)C.CNc1cc(C)nc(Nc2ccc(OC)c(-c3cccc4[nH]ccc34)c2)n1.CNc1cc(C)nc(Nc2ccc(OC)c(I)c2)n1.Cl. The van der Waals surface area contributed by atoms with Gasteiger partial charge < -0.3 is 50.0 Å². The lowest BCUT2D eigenvalue weighted by atomic mass is 9.77. The molecule has 0 amide bonds. The van der Waals surface area contributed by atoms with Crippen LogP contribution in [0.2, 0.25) is 0 Å². The average molecular weight is 1010 g/mol. The number of nitrogens with zero attached hydrogens (tertiary/aromatic N) is 4. The summed E-state index contributed by atoms with van der Waals surface area (Å²) in [7, 11) is 6.73. The zero-order valence-corrected chi connectivity index (χ0v) is 41.2. The fourth-order valence-corrected chi connectivity index (χ4v) is 7.84. The standard InChI is InChI=1S/C21H21N5O.C14H18BNO2.C13H15IN4O.ClH/c1-13-11-20(22-2)26-21(24-13)25-14-7-8-19(27-3)17(12-14)15-5-4-6-18-16(15)9-10-23-18;1-13(2)14(3,4)18-15(17-13)11-6-5-7-12-10(11)8-9-16-12;1-8-6-12(15-2)18-13(16-8)17-9-4-5-11(19-3)10(14)7-9;/h4-12,23H,1-3H3,(H2,22,24,25,26);5-9,16H,1-4H3;4-7H,1-3H3,(H2,15,16,17,18);1H. The summed E-state index contributed by atoms with van der Waals surface area (Å²) in [6.07, 6.45) is 3.89. The summed E-state index contributed by atoms with van der Waals surface area (Å²) in [5, 5.41) is 14.9. The number of ether oxygens (including phenoxy) is 2. The molecule has 338 valence electrons. The number of hydrogen-bond acceptors (Lipinski definition) is 12. The van der Waals surface area contributed by atoms with Crippen LogP contribution in [0.1, 0.15) is 39.1 Å². The van der Waals surface area contributed by atoms with Crippen LogP contribution >= 0.6 is 35.0 Å². The number of methoxy groups -OCH3 is 2. The molecule has 1 saturated heterocycles. The maximum absolute atomic E-state index is 6.09. The van der Waals surface area contributed by atoms with Crippen molar-refractivity contribution in [3.63, 3.8) is 0 Å². The topological polar surface area (TPSA) is 168 Å². The van der Waals surface area contributed by atoms with Crippen LogP contribution in [0.4, 0.5) is 34.9 Å². The van der Waals surface area contributed by atoms with Gasteiger partial charge in [0.1, 0.15) is 23.1 Å². The third-order valence-corrected chi connectivity index (χ3v) is 11.9. The van der Waals surface area contributed by atoms with Gasteiger partial charge in [-0.05, 0) is 141 Å². The Bertz CT molecular complexity index is 2870. The number of rotatable bonds is 10. The van der Waals surface area contributed by atoms with E-state index in [1.807, 2.05) is 94.9 Å². The number of benzene rings is 4. The minimum atomic E-state index is -0.297. The number of hydrogen-bond donors (Lipinski definition) is 6. The minimum absolute atomic E-state index is 0. The molecule has 4 aromatic heterocycles. The van der Waals surface area contributed by atoms with Crippen LogP contribution in [0.15, 0.2) is 109 Å². The Kier molecular flexibility index (Phi) is 15.5. The molecule has 1 aliphatic rings. The highest BCUT2D eigenvalue weighted by Gasteiger charge is 2.52. The summed E-state index contributed by atoms with van der Waals surface area (Å²) in [4.78, 5) is 24.1. The third-order valence-electron chi connectivity index (χ3n) is 11.1. The predicted molar refractivity (Wildman–Crippen MR) is 276 cm³/mol. The molecule has 0 unspecified atom stereocenters. The molecule has 0 saturated carbocycles. The molecule has 0 bridgehead atoms. The van der Waals surface area contributed by atoms with Crippen molar-refractivity contribution in [3.8, 4) is 22.6 Å². The first-order valence-electron chi connectivity index (χ1n) is 20.8. The van der Waals surface area contributed by atoms with Crippen molar-refractivity contribution in [2.45, 2.75) is 52.7 Å². The monoisotopic (exact) mass is 1010 g/mol. The second-order valence-corrected chi connectivity index (χ2v) is 17.2. The molecule has 0 spiro atoms. The van der Waals surface area contributed by atoms with Gasteiger partial charge in [-0.3, -0.25) is 0 Å². The van der Waals surface area contributed by atoms with Crippen LogP contribution in [0.3, 0.4) is 0 Å². The van der Waals surface area contributed by atoms with E-state index in [-0.39, 0.29) is 30.7 Å². The van der Waals surface area contributed by atoms with Crippen LogP contribution in [0.25, 0.3) is 32.9 Å². The molecule has 6 N–H and O–H groups in total. The van der Waals surface area contributed by atoms with Gasteiger partial charge >= 0.3 is 7.12 Å². The molecule has 5 heterocycles. The zero-order valence-electron chi connectivity index (χ0n) is 38.2. The fraction of sp³-hybridized carbons (Fsp3) is 0.250. The van der Waals surface area contributed by atoms with E-state index in [0.717, 1.165) is 87.9 Å². The second kappa shape index (κ2) is 20.8. The zero-order chi connectivity index (χ0) is 45.6. The number of H-pyrrole nitrogens is 2. The lowest BCUT2D eigenvalue weighted by Crippen LogP contribution is -2.41. The van der Waals surface area contributed by atoms with Crippen molar-refractivity contribution in [2.75, 3.05) is 49.6 Å². The molecule has 0 radical (unpaired) electrons. The van der Waals surface area contributed by atoms with Crippen molar-refractivity contribution >= 4 is 104 Å². The summed E-state index contributed by atoms with van der Waals surface area (Å²) in [6.45, 7) is 12.2. The van der Waals surface area contributed by atoms with Gasteiger partial charge in [0.25, 0.3) is 0 Å². The quantitative estimate of drug-likeness (QED) is 0.0568. The van der Waals surface area contributed by atoms with Gasteiger partial charge in [0.05, 0.1) is 29.0 Å². The summed E-state index contributed by atoms with van der Waals surface area (Å²) in [5.74, 6) is 4.36. The Morgan fingerprint density at radius 2 is 1.11 bits per heavy atom. The van der Waals surface area contributed by atoms with Crippen LogP contribution in [-0.4, -0.2) is 76.5 Å². The lowest BCUT2D eigenvalue weighted by Gasteiger charge is -2.32. The molecule has 9 rings (SSSR count). The van der Waals surface area contributed by atoms with Gasteiger partial charge in [0.2, 0.25) is 11.9 Å². The van der Waals surface area contributed by atoms with E-state index in [9.17, 15) is 0 Å². The molecular formula is C48H55BClIN10O4. The highest BCUT2D eigenvalue weighted by Crippen LogP contribution is 2.38. The first-order chi connectivity index (χ1) is 30.7. The van der Waals surface area contributed by atoms with E-state index >= 15 is 0 Å². The van der Waals surface area contributed by atoms with Crippen molar-refractivity contribution in [1.82, 2.24) is 29.9 Å². The summed E-state index contributed by atoms with van der Waals surface area (Å²) in [5.41, 5.74) is 8.44. The molecule has 0 aliphatic carbocycles. The maximum atomic E-state index is 6.09.